The molecule has 1 fully saturated rings. The summed E-state index contributed by atoms with van der Waals surface area (Å²) in [6, 6.07) is 8.24. The summed E-state index contributed by atoms with van der Waals surface area (Å²) in [6.45, 7) is 4.56. The number of carbonyl (C=O) groups is 2. The lowest BCUT2D eigenvalue weighted by Gasteiger charge is -2.32. The van der Waals surface area contributed by atoms with Crippen molar-refractivity contribution in [3.05, 3.63) is 62.4 Å². The fraction of sp³-hybridized carbons (Fsp3) is 0.455. The number of ketones is 1. The first-order valence-electron chi connectivity index (χ1n) is 10.1. The van der Waals surface area contributed by atoms with Crippen molar-refractivity contribution in [2.45, 2.75) is 32.8 Å². The molecular weight excluding hydrogens is 386 g/mol. The van der Waals surface area contributed by atoms with E-state index in [0.717, 1.165) is 4.57 Å². The number of hydrogen-bond acceptors (Lipinski definition) is 5. The van der Waals surface area contributed by atoms with Gasteiger partial charge in [-0.2, -0.15) is 0 Å². The maximum atomic E-state index is 13.1. The summed E-state index contributed by atoms with van der Waals surface area (Å²) in [5, 5.41) is 0. The van der Waals surface area contributed by atoms with E-state index in [4.69, 9.17) is 4.74 Å². The summed E-state index contributed by atoms with van der Waals surface area (Å²) in [6.07, 6.45) is 1.35. The third kappa shape index (κ3) is 4.37. The van der Waals surface area contributed by atoms with E-state index in [-0.39, 0.29) is 30.0 Å². The molecule has 0 bridgehead atoms. The second-order valence-corrected chi connectivity index (χ2v) is 7.92. The highest BCUT2D eigenvalue weighted by Crippen LogP contribution is 2.24. The SMILES string of the molecule is CC(C)Oc1cccc(C(=O)[C@@H]2CCCN(C(=O)c3cc(=O)n(C)c(=O)n3C)C2)c1. The predicted octanol–water partition coefficient (Wildman–Crippen LogP) is 1.61. The van der Waals surface area contributed by atoms with Crippen molar-refractivity contribution >= 4 is 11.7 Å². The number of Topliss-reactive ketones (excluding diaryl/α,β-unsaturated/α-hetero) is 1. The Bertz CT molecular complexity index is 1080. The van der Waals surface area contributed by atoms with E-state index in [1.54, 1.807) is 23.1 Å². The smallest absolute Gasteiger partial charge is 0.331 e. The van der Waals surface area contributed by atoms with Crippen LogP contribution < -0.4 is 16.0 Å². The van der Waals surface area contributed by atoms with Gasteiger partial charge >= 0.3 is 5.69 Å². The van der Waals surface area contributed by atoms with Gasteiger partial charge in [0.2, 0.25) is 0 Å². The van der Waals surface area contributed by atoms with Gasteiger partial charge in [-0.15, -0.1) is 0 Å². The highest BCUT2D eigenvalue weighted by molar-refractivity contribution is 5.99. The molecule has 1 aliphatic rings. The number of benzene rings is 1. The molecule has 8 nitrogen and oxygen atoms in total. The van der Waals surface area contributed by atoms with E-state index in [2.05, 4.69) is 0 Å². The summed E-state index contributed by atoms with van der Waals surface area (Å²) >= 11 is 0. The van der Waals surface area contributed by atoms with Crippen LogP contribution >= 0.6 is 0 Å². The van der Waals surface area contributed by atoms with Crippen molar-refractivity contribution < 1.29 is 14.3 Å². The lowest BCUT2D eigenvalue weighted by Crippen LogP contribution is -2.46. The van der Waals surface area contributed by atoms with Crippen LogP contribution in [0.5, 0.6) is 5.75 Å². The van der Waals surface area contributed by atoms with Crippen molar-refractivity contribution in [1.82, 2.24) is 14.0 Å². The topological polar surface area (TPSA) is 90.6 Å². The van der Waals surface area contributed by atoms with Crippen molar-refractivity contribution in [3.63, 3.8) is 0 Å². The largest absolute Gasteiger partial charge is 0.491 e. The first-order valence-corrected chi connectivity index (χ1v) is 10.1. The highest BCUT2D eigenvalue weighted by atomic mass is 16.5. The minimum Gasteiger partial charge on any atom is -0.491 e. The van der Waals surface area contributed by atoms with Crippen molar-refractivity contribution in [2.24, 2.45) is 20.0 Å². The van der Waals surface area contributed by atoms with Gasteiger partial charge in [-0.1, -0.05) is 12.1 Å². The second kappa shape index (κ2) is 8.69. The van der Waals surface area contributed by atoms with Gasteiger partial charge in [-0.3, -0.25) is 23.5 Å². The number of piperidine rings is 1. The Morgan fingerprint density at radius 2 is 1.83 bits per heavy atom. The first-order chi connectivity index (χ1) is 14.2. The molecule has 0 radical (unpaired) electrons. The Kier molecular flexibility index (Phi) is 6.24. The molecule has 2 heterocycles. The van der Waals surface area contributed by atoms with E-state index < -0.39 is 17.2 Å². The van der Waals surface area contributed by atoms with Crippen LogP contribution in [0.1, 0.15) is 47.5 Å². The second-order valence-electron chi connectivity index (χ2n) is 7.92. The summed E-state index contributed by atoms with van der Waals surface area (Å²) in [5.41, 5.74) is -0.512. The van der Waals surface area contributed by atoms with E-state index in [1.807, 2.05) is 19.9 Å². The monoisotopic (exact) mass is 413 g/mol. The fourth-order valence-corrected chi connectivity index (χ4v) is 3.71. The molecule has 0 N–H and O–H groups in total. The number of likely N-dealkylation sites (tertiary alicyclic amines) is 1. The number of hydrogen-bond donors (Lipinski definition) is 0. The van der Waals surface area contributed by atoms with Gasteiger partial charge in [0.1, 0.15) is 11.4 Å². The zero-order valence-corrected chi connectivity index (χ0v) is 17.8. The van der Waals surface area contributed by atoms with E-state index in [1.165, 1.54) is 24.7 Å². The van der Waals surface area contributed by atoms with Crippen LogP contribution in [0.25, 0.3) is 0 Å². The maximum Gasteiger partial charge on any atom is 0.331 e. The third-order valence-corrected chi connectivity index (χ3v) is 5.31. The molecule has 0 saturated carbocycles. The molecule has 30 heavy (non-hydrogen) atoms. The molecule has 160 valence electrons. The number of aromatic nitrogens is 2. The molecule has 1 aromatic carbocycles. The Morgan fingerprint density at radius 1 is 1.10 bits per heavy atom. The predicted molar refractivity (Wildman–Crippen MR) is 112 cm³/mol. The van der Waals surface area contributed by atoms with Crippen LogP contribution in [0, 0.1) is 5.92 Å². The minimum atomic E-state index is -0.558. The van der Waals surface area contributed by atoms with Gasteiger partial charge in [0, 0.05) is 44.7 Å². The molecule has 1 aliphatic heterocycles. The Labute approximate surface area is 174 Å². The van der Waals surface area contributed by atoms with Crippen molar-refractivity contribution in [1.29, 1.82) is 0 Å². The summed E-state index contributed by atoms with van der Waals surface area (Å²) in [4.78, 5) is 51.7. The normalized spacial score (nSPS) is 16.6. The lowest BCUT2D eigenvalue weighted by atomic mass is 9.89. The molecule has 1 aromatic heterocycles. The molecule has 0 spiro atoms. The average molecular weight is 413 g/mol. The van der Waals surface area contributed by atoms with Gasteiger partial charge in [0.15, 0.2) is 5.78 Å². The van der Waals surface area contributed by atoms with Gasteiger partial charge < -0.3 is 9.64 Å². The standard InChI is InChI=1S/C22H27N3O5/c1-14(2)30-17-9-5-7-15(11-17)20(27)16-8-6-10-25(13-16)21(28)18-12-19(26)24(4)22(29)23(18)3/h5,7,9,11-12,14,16H,6,8,10,13H2,1-4H3/t16-/m1/s1. The minimum absolute atomic E-state index is 0.00312. The molecule has 0 unspecified atom stereocenters. The average Bonchev–Trinajstić information content (AvgIpc) is 2.73. The Morgan fingerprint density at radius 3 is 2.53 bits per heavy atom. The lowest BCUT2D eigenvalue weighted by molar-refractivity contribution is 0.0627. The van der Waals surface area contributed by atoms with Crippen LogP contribution in [0.15, 0.2) is 39.9 Å². The summed E-state index contributed by atoms with van der Waals surface area (Å²) < 4.78 is 7.79. The van der Waals surface area contributed by atoms with Crippen LogP contribution in [-0.2, 0) is 14.1 Å². The van der Waals surface area contributed by atoms with Gasteiger partial charge in [-0.25, -0.2) is 4.79 Å². The Hall–Kier alpha value is -3.16. The van der Waals surface area contributed by atoms with E-state index >= 15 is 0 Å². The van der Waals surface area contributed by atoms with E-state index in [9.17, 15) is 19.2 Å². The molecule has 1 atom stereocenters. The van der Waals surface area contributed by atoms with Crippen LogP contribution in [0.4, 0.5) is 0 Å². The number of rotatable bonds is 5. The van der Waals surface area contributed by atoms with Crippen LogP contribution in [0.3, 0.4) is 0 Å². The zero-order valence-electron chi connectivity index (χ0n) is 17.8. The van der Waals surface area contributed by atoms with Gasteiger partial charge in [0.25, 0.3) is 11.5 Å². The molecule has 1 amide bonds. The van der Waals surface area contributed by atoms with Gasteiger partial charge in [0.05, 0.1) is 6.10 Å². The molecule has 2 aromatic rings. The zero-order chi connectivity index (χ0) is 22.0. The van der Waals surface area contributed by atoms with Crippen LogP contribution in [-0.4, -0.2) is 44.9 Å². The first kappa shape index (κ1) is 21.5. The summed E-state index contributed by atoms with van der Waals surface area (Å²) in [7, 11) is 2.83. The maximum absolute atomic E-state index is 13.1. The van der Waals surface area contributed by atoms with Crippen LogP contribution in [0.2, 0.25) is 0 Å². The molecule has 0 aliphatic carbocycles. The Balaban J connectivity index is 1.80. The molecule has 1 saturated heterocycles. The van der Waals surface area contributed by atoms with E-state index in [0.29, 0.717) is 30.7 Å². The number of nitrogens with zero attached hydrogens (tertiary/aromatic N) is 3. The fourth-order valence-electron chi connectivity index (χ4n) is 3.71. The number of carbonyl (C=O) groups excluding carboxylic acids is 2. The summed E-state index contributed by atoms with van der Waals surface area (Å²) in [5.74, 6) is -0.170. The van der Waals surface area contributed by atoms with Gasteiger partial charge in [-0.05, 0) is 38.8 Å². The molecular formula is C22H27N3O5. The number of amides is 1. The highest BCUT2D eigenvalue weighted by Gasteiger charge is 2.31. The number of ether oxygens (including phenoxy) is 1. The van der Waals surface area contributed by atoms with Crippen molar-refractivity contribution in [2.75, 3.05) is 13.1 Å². The van der Waals surface area contributed by atoms with Crippen molar-refractivity contribution in [3.8, 4) is 5.75 Å². The molecule has 3 rings (SSSR count). The third-order valence-electron chi connectivity index (χ3n) is 5.31. The molecule has 8 heteroatoms. The quantitative estimate of drug-likeness (QED) is 0.695.